The van der Waals surface area contributed by atoms with E-state index in [4.69, 9.17) is 0 Å². The van der Waals surface area contributed by atoms with Crippen molar-refractivity contribution in [1.82, 2.24) is 10.2 Å². The molecule has 0 spiro atoms. The standard InChI is InChI=1S/C11H12N2O2S/c14-10-2-1-7-5-12-11(15)8-3-4-16-9(8)6-13(7)10/h3-4,7H,1-2,5-6H2,(H,12,15). The molecule has 0 radical (unpaired) electrons. The predicted octanol–water partition coefficient (Wildman–Crippen LogP) is 0.982. The molecule has 0 bridgehead atoms. The van der Waals surface area contributed by atoms with Crippen LogP contribution in [0, 0.1) is 0 Å². The third-order valence-electron chi connectivity index (χ3n) is 3.25. The molecular formula is C11H12N2O2S. The molecule has 3 rings (SSSR count). The average Bonchev–Trinajstić information content (AvgIpc) is 2.83. The zero-order valence-electron chi connectivity index (χ0n) is 8.73. The molecule has 16 heavy (non-hydrogen) atoms. The fraction of sp³-hybridized carbons (Fsp3) is 0.455. The van der Waals surface area contributed by atoms with Gasteiger partial charge in [0, 0.05) is 23.9 Å². The van der Waals surface area contributed by atoms with E-state index in [0.29, 0.717) is 19.5 Å². The summed E-state index contributed by atoms with van der Waals surface area (Å²) in [6, 6.07) is 2.02. The second-order valence-electron chi connectivity index (χ2n) is 4.18. The van der Waals surface area contributed by atoms with Crippen LogP contribution >= 0.6 is 11.3 Å². The molecule has 2 amide bonds. The van der Waals surface area contributed by atoms with Gasteiger partial charge in [-0.1, -0.05) is 0 Å². The summed E-state index contributed by atoms with van der Waals surface area (Å²) in [4.78, 5) is 26.4. The van der Waals surface area contributed by atoms with E-state index in [2.05, 4.69) is 5.32 Å². The molecule has 5 heteroatoms. The summed E-state index contributed by atoms with van der Waals surface area (Å²) in [5, 5.41) is 4.80. The van der Waals surface area contributed by atoms with Crippen molar-refractivity contribution in [1.29, 1.82) is 0 Å². The molecule has 3 heterocycles. The summed E-state index contributed by atoms with van der Waals surface area (Å²) in [7, 11) is 0. The summed E-state index contributed by atoms with van der Waals surface area (Å²) in [5.74, 6) is 0.204. The van der Waals surface area contributed by atoms with Crippen LogP contribution in [0.25, 0.3) is 0 Å². The summed E-state index contributed by atoms with van der Waals surface area (Å²) in [6.45, 7) is 1.18. The van der Waals surface area contributed by atoms with Gasteiger partial charge in [0.25, 0.3) is 5.91 Å². The first-order valence-electron chi connectivity index (χ1n) is 5.40. The Labute approximate surface area is 97.2 Å². The number of carbonyl (C=O) groups is 2. The highest BCUT2D eigenvalue weighted by atomic mass is 32.1. The van der Waals surface area contributed by atoms with Crippen molar-refractivity contribution in [3.63, 3.8) is 0 Å². The highest BCUT2D eigenvalue weighted by Gasteiger charge is 2.33. The maximum Gasteiger partial charge on any atom is 0.252 e. The lowest BCUT2D eigenvalue weighted by molar-refractivity contribution is -0.129. The van der Waals surface area contributed by atoms with Crippen molar-refractivity contribution in [2.24, 2.45) is 0 Å². The van der Waals surface area contributed by atoms with Gasteiger partial charge >= 0.3 is 0 Å². The van der Waals surface area contributed by atoms with Crippen LogP contribution in [-0.4, -0.2) is 29.3 Å². The largest absolute Gasteiger partial charge is 0.350 e. The maximum absolute atomic E-state index is 11.8. The zero-order valence-corrected chi connectivity index (χ0v) is 9.55. The third-order valence-corrected chi connectivity index (χ3v) is 4.16. The smallest absolute Gasteiger partial charge is 0.252 e. The lowest BCUT2D eigenvalue weighted by atomic mass is 10.1. The minimum absolute atomic E-state index is 0.00440. The zero-order chi connectivity index (χ0) is 11.1. The van der Waals surface area contributed by atoms with Crippen molar-refractivity contribution in [2.75, 3.05) is 6.54 Å². The monoisotopic (exact) mass is 236 g/mol. The fourth-order valence-electron chi connectivity index (χ4n) is 2.35. The number of rotatable bonds is 0. The quantitative estimate of drug-likeness (QED) is 0.730. The Balaban J connectivity index is 1.98. The number of amides is 2. The van der Waals surface area contributed by atoms with Crippen LogP contribution in [0.15, 0.2) is 11.4 Å². The van der Waals surface area contributed by atoms with Gasteiger partial charge in [0.15, 0.2) is 0 Å². The number of nitrogens with one attached hydrogen (secondary N) is 1. The minimum Gasteiger partial charge on any atom is -0.350 e. The summed E-state index contributed by atoms with van der Waals surface area (Å²) in [5.41, 5.74) is 0.725. The lowest BCUT2D eigenvalue weighted by Crippen LogP contribution is -2.43. The molecule has 1 aromatic heterocycles. The number of thiophene rings is 1. The van der Waals surface area contributed by atoms with Gasteiger partial charge in [0.05, 0.1) is 12.1 Å². The minimum atomic E-state index is -0.00440. The molecule has 0 saturated carbocycles. The van der Waals surface area contributed by atoms with Gasteiger partial charge in [-0.05, 0) is 17.9 Å². The van der Waals surface area contributed by atoms with Crippen LogP contribution in [0.3, 0.4) is 0 Å². The SMILES string of the molecule is O=C1NCC2CCC(=O)N2Cc2sccc21. The fourth-order valence-corrected chi connectivity index (χ4v) is 3.22. The number of hydrogen-bond acceptors (Lipinski definition) is 3. The Morgan fingerprint density at radius 1 is 1.44 bits per heavy atom. The molecule has 1 atom stereocenters. The molecule has 2 aliphatic rings. The number of nitrogens with zero attached hydrogens (tertiary/aromatic N) is 1. The van der Waals surface area contributed by atoms with Crippen LogP contribution < -0.4 is 5.32 Å². The Bertz CT molecular complexity index is 455. The highest BCUT2D eigenvalue weighted by molar-refractivity contribution is 7.10. The molecule has 1 aromatic rings. The van der Waals surface area contributed by atoms with Crippen molar-refractivity contribution in [2.45, 2.75) is 25.4 Å². The molecule has 0 aliphatic carbocycles. The van der Waals surface area contributed by atoms with Gasteiger partial charge in [-0.2, -0.15) is 0 Å². The highest BCUT2D eigenvalue weighted by Crippen LogP contribution is 2.27. The van der Waals surface area contributed by atoms with E-state index in [1.54, 1.807) is 11.3 Å². The molecule has 1 N–H and O–H groups in total. The molecule has 4 nitrogen and oxygen atoms in total. The first-order chi connectivity index (χ1) is 7.75. The Morgan fingerprint density at radius 3 is 3.19 bits per heavy atom. The Kier molecular flexibility index (Phi) is 2.21. The van der Waals surface area contributed by atoms with E-state index < -0.39 is 0 Å². The normalized spacial score (nSPS) is 24.5. The first kappa shape index (κ1) is 9.84. The maximum atomic E-state index is 11.8. The number of hydrogen-bond donors (Lipinski definition) is 1. The average molecular weight is 236 g/mol. The molecule has 0 aromatic carbocycles. The van der Waals surface area contributed by atoms with Crippen molar-refractivity contribution < 1.29 is 9.59 Å². The molecule has 1 unspecified atom stereocenters. The summed E-state index contributed by atoms with van der Waals surface area (Å²) in [6.07, 6.45) is 1.47. The number of fused-ring (bicyclic) bond motifs is 2. The third kappa shape index (κ3) is 1.43. The van der Waals surface area contributed by atoms with Crippen molar-refractivity contribution in [3.05, 3.63) is 21.9 Å². The van der Waals surface area contributed by atoms with E-state index >= 15 is 0 Å². The van der Waals surface area contributed by atoms with Crippen molar-refractivity contribution >= 4 is 23.2 Å². The Morgan fingerprint density at radius 2 is 2.31 bits per heavy atom. The second kappa shape index (κ2) is 3.59. The Hall–Kier alpha value is -1.36. The van der Waals surface area contributed by atoms with Crippen LogP contribution in [0.5, 0.6) is 0 Å². The molecule has 1 fully saturated rings. The van der Waals surface area contributed by atoms with Crippen LogP contribution in [0.1, 0.15) is 28.1 Å². The summed E-state index contributed by atoms with van der Waals surface area (Å²) >= 11 is 1.55. The predicted molar refractivity (Wildman–Crippen MR) is 60.2 cm³/mol. The van der Waals surface area contributed by atoms with E-state index in [1.165, 1.54) is 0 Å². The van der Waals surface area contributed by atoms with E-state index in [0.717, 1.165) is 16.9 Å². The van der Waals surface area contributed by atoms with Crippen molar-refractivity contribution in [3.8, 4) is 0 Å². The topological polar surface area (TPSA) is 49.4 Å². The summed E-state index contributed by atoms with van der Waals surface area (Å²) < 4.78 is 0. The van der Waals surface area contributed by atoms with E-state index in [9.17, 15) is 9.59 Å². The van der Waals surface area contributed by atoms with E-state index in [1.807, 2.05) is 16.3 Å². The van der Waals surface area contributed by atoms with Gasteiger partial charge in [0.1, 0.15) is 0 Å². The molecular weight excluding hydrogens is 224 g/mol. The van der Waals surface area contributed by atoms with Gasteiger partial charge in [-0.25, -0.2) is 0 Å². The van der Waals surface area contributed by atoms with Gasteiger partial charge in [-0.3, -0.25) is 9.59 Å². The van der Waals surface area contributed by atoms with Crippen LogP contribution in [0.2, 0.25) is 0 Å². The van der Waals surface area contributed by atoms with Gasteiger partial charge < -0.3 is 10.2 Å². The lowest BCUT2D eigenvalue weighted by Gasteiger charge is -2.27. The molecule has 1 saturated heterocycles. The molecule has 84 valence electrons. The van der Waals surface area contributed by atoms with Crippen LogP contribution in [0.4, 0.5) is 0 Å². The van der Waals surface area contributed by atoms with E-state index in [-0.39, 0.29) is 17.9 Å². The molecule has 2 aliphatic heterocycles. The number of carbonyl (C=O) groups excluding carboxylic acids is 2. The van der Waals surface area contributed by atoms with Crippen LogP contribution in [-0.2, 0) is 11.3 Å². The second-order valence-corrected chi connectivity index (χ2v) is 5.18. The van der Waals surface area contributed by atoms with Gasteiger partial charge in [0.2, 0.25) is 5.91 Å². The first-order valence-corrected chi connectivity index (χ1v) is 6.27. The van der Waals surface area contributed by atoms with Gasteiger partial charge in [-0.15, -0.1) is 11.3 Å².